The maximum atomic E-state index is 12.9. The van der Waals surface area contributed by atoms with Crippen LogP contribution in [0.5, 0.6) is 0 Å². The lowest BCUT2D eigenvalue weighted by atomic mass is 10.2. The van der Waals surface area contributed by atoms with Gasteiger partial charge in [-0.15, -0.1) is 0 Å². The Labute approximate surface area is 148 Å². The number of carbonyl (C=O) groups is 1. The van der Waals surface area contributed by atoms with E-state index in [1.165, 1.54) is 12.3 Å². The van der Waals surface area contributed by atoms with E-state index in [0.717, 1.165) is 18.6 Å². The molecule has 1 aromatic heterocycles. The van der Waals surface area contributed by atoms with Crippen LogP contribution < -0.4 is 10.6 Å². The van der Waals surface area contributed by atoms with Crippen molar-refractivity contribution in [3.63, 3.8) is 0 Å². The highest BCUT2D eigenvalue weighted by molar-refractivity contribution is 6.31. The van der Waals surface area contributed by atoms with Crippen LogP contribution >= 0.6 is 11.6 Å². The van der Waals surface area contributed by atoms with Crippen molar-refractivity contribution < 1.29 is 18.0 Å². The second-order valence-corrected chi connectivity index (χ2v) is 5.94. The lowest BCUT2D eigenvalue weighted by molar-refractivity contribution is -0.137. The van der Waals surface area contributed by atoms with E-state index in [1.807, 2.05) is 13.8 Å². The molecule has 0 aliphatic carbocycles. The van der Waals surface area contributed by atoms with E-state index in [9.17, 15) is 18.0 Å². The second-order valence-electron chi connectivity index (χ2n) is 5.53. The molecule has 0 radical (unpaired) electrons. The quantitative estimate of drug-likeness (QED) is 0.758. The molecule has 0 aliphatic rings. The van der Waals surface area contributed by atoms with Crippen molar-refractivity contribution in [3.8, 4) is 0 Å². The van der Waals surface area contributed by atoms with E-state index < -0.39 is 22.7 Å². The van der Waals surface area contributed by atoms with E-state index in [0.29, 0.717) is 5.82 Å². The molecule has 1 unspecified atom stereocenters. The van der Waals surface area contributed by atoms with Crippen LogP contribution in [0.1, 0.15) is 36.2 Å². The summed E-state index contributed by atoms with van der Waals surface area (Å²) in [5.41, 5.74) is -0.764. The number of rotatable bonds is 5. The predicted octanol–water partition coefficient (Wildman–Crippen LogP) is 5.22. The van der Waals surface area contributed by atoms with E-state index in [2.05, 4.69) is 15.6 Å². The van der Waals surface area contributed by atoms with Crippen molar-refractivity contribution in [1.82, 2.24) is 4.98 Å². The van der Waals surface area contributed by atoms with Crippen LogP contribution in [0, 0.1) is 0 Å². The number of nitrogens with one attached hydrogen (secondary N) is 2. The van der Waals surface area contributed by atoms with Crippen LogP contribution in [0.4, 0.5) is 24.7 Å². The van der Waals surface area contributed by atoms with Gasteiger partial charge in [-0.2, -0.15) is 13.2 Å². The highest BCUT2D eigenvalue weighted by Gasteiger charge is 2.33. The molecular formula is C17H17ClF3N3O. The normalized spacial score (nSPS) is 12.6. The molecule has 1 amide bonds. The Bertz CT molecular complexity index is 748. The summed E-state index contributed by atoms with van der Waals surface area (Å²) >= 11 is 5.56. The van der Waals surface area contributed by atoms with E-state index in [1.54, 1.807) is 12.1 Å². The Balaban J connectivity index is 2.12. The van der Waals surface area contributed by atoms with Gasteiger partial charge in [-0.25, -0.2) is 4.98 Å². The minimum Gasteiger partial charge on any atom is -0.368 e. The average Bonchev–Trinajstić information content (AvgIpc) is 2.56. The molecule has 2 aromatic rings. The number of aromatic nitrogens is 1. The molecule has 8 heteroatoms. The van der Waals surface area contributed by atoms with Gasteiger partial charge in [-0.05, 0) is 43.7 Å². The molecule has 1 aromatic carbocycles. The Morgan fingerprint density at radius 3 is 2.56 bits per heavy atom. The van der Waals surface area contributed by atoms with Gasteiger partial charge in [0.05, 0.1) is 16.1 Å². The minimum absolute atomic E-state index is 0.00327. The standard InChI is InChI=1S/C17H17ClF3N3O/c1-3-10(2)23-15-7-4-11(9-22-15)16(25)24-12-5-6-14(18)13(8-12)17(19,20)21/h4-10H,3H2,1-2H3,(H,22,23)(H,24,25). The van der Waals surface area contributed by atoms with Gasteiger partial charge in [-0.3, -0.25) is 4.79 Å². The molecule has 2 rings (SSSR count). The molecule has 0 saturated heterocycles. The number of carbonyl (C=O) groups excluding carboxylic acids is 1. The zero-order valence-electron chi connectivity index (χ0n) is 13.6. The molecule has 134 valence electrons. The number of hydrogen-bond acceptors (Lipinski definition) is 3. The zero-order valence-corrected chi connectivity index (χ0v) is 14.4. The Morgan fingerprint density at radius 2 is 2.00 bits per heavy atom. The van der Waals surface area contributed by atoms with Crippen LogP contribution in [0.2, 0.25) is 5.02 Å². The van der Waals surface area contributed by atoms with Crippen LogP contribution in [0.15, 0.2) is 36.5 Å². The lowest BCUT2D eigenvalue weighted by Crippen LogP contribution is -2.16. The third-order valence-corrected chi connectivity index (χ3v) is 3.89. The molecule has 0 bridgehead atoms. The topological polar surface area (TPSA) is 54.0 Å². The smallest absolute Gasteiger partial charge is 0.368 e. The third kappa shape index (κ3) is 5.09. The van der Waals surface area contributed by atoms with Crippen molar-refractivity contribution in [1.29, 1.82) is 0 Å². The molecule has 2 N–H and O–H groups in total. The summed E-state index contributed by atoms with van der Waals surface area (Å²) in [6.45, 7) is 4.03. The Kier molecular flexibility index (Phi) is 5.89. The first-order valence-electron chi connectivity index (χ1n) is 7.61. The van der Waals surface area contributed by atoms with Crippen LogP contribution in [-0.2, 0) is 6.18 Å². The molecule has 0 spiro atoms. The molecule has 0 aliphatic heterocycles. The van der Waals surface area contributed by atoms with Gasteiger partial charge in [0.15, 0.2) is 0 Å². The molecule has 0 fully saturated rings. The summed E-state index contributed by atoms with van der Waals surface area (Å²) in [5, 5.41) is 5.14. The van der Waals surface area contributed by atoms with Crippen LogP contribution in [-0.4, -0.2) is 16.9 Å². The lowest BCUT2D eigenvalue weighted by Gasteiger charge is -2.13. The highest BCUT2D eigenvalue weighted by Crippen LogP contribution is 2.36. The fourth-order valence-corrected chi connectivity index (χ4v) is 2.22. The first-order valence-corrected chi connectivity index (χ1v) is 7.99. The Hall–Kier alpha value is -2.28. The van der Waals surface area contributed by atoms with Crippen molar-refractivity contribution in [2.75, 3.05) is 10.6 Å². The molecule has 25 heavy (non-hydrogen) atoms. The maximum absolute atomic E-state index is 12.9. The summed E-state index contributed by atoms with van der Waals surface area (Å²) in [6.07, 6.45) is -2.31. The third-order valence-electron chi connectivity index (χ3n) is 3.56. The van der Waals surface area contributed by atoms with E-state index in [4.69, 9.17) is 11.6 Å². The Morgan fingerprint density at radius 1 is 1.28 bits per heavy atom. The van der Waals surface area contributed by atoms with E-state index >= 15 is 0 Å². The van der Waals surface area contributed by atoms with Crippen LogP contribution in [0.3, 0.4) is 0 Å². The summed E-state index contributed by atoms with van der Waals surface area (Å²) < 4.78 is 38.6. The number of pyridine rings is 1. The molecule has 1 atom stereocenters. The van der Waals surface area contributed by atoms with Crippen molar-refractivity contribution in [2.24, 2.45) is 0 Å². The van der Waals surface area contributed by atoms with Gasteiger partial charge in [0.25, 0.3) is 5.91 Å². The number of hydrogen-bond donors (Lipinski definition) is 2. The number of alkyl halides is 3. The summed E-state index contributed by atoms with van der Waals surface area (Å²) in [4.78, 5) is 16.3. The van der Waals surface area contributed by atoms with Gasteiger partial charge < -0.3 is 10.6 Å². The molecular weight excluding hydrogens is 355 g/mol. The van der Waals surface area contributed by atoms with E-state index in [-0.39, 0.29) is 17.3 Å². The van der Waals surface area contributed by atoms with Gasteiger partial charge in [-0.1, -0.05) is 18.5 Å². The summed E-state index contributed by atoms with van der Waals surface area (Å²) in [5.74, 6) is 0.0646. The number of nitrogens with zero attached hydrogens (tertiary/aromatic N) is 1. The van der Waals surface area contributed by atoms with Crippen LogP contribution in [0.25, 0.3) is 0 Å². The van der Waals surface area contributed by atoms with Gasteiger partial charge >= 0.3 is 6.18 Å². The number of halogens is 4. The first-order chi connectivity index (χ1) is 11.7. The second kappa shape index (κ2) is 7.74. The first kappa shape index (κ1) is 19.1. The largest absolute Gasteiger partial charge is 0.417 e. The van der Waals surface area contributed by atoms with Crippen molar-refractivity contribution in [3.05, 3.63) is 52.7 Å². The molecule has 0 saturated carbocycles. The summed E-state index contributed by atoms with van der Waals surface area (Å²) in [6, 6.07) is 6.63. The van der Waals surface area contributed by atoms with Crippen molar-refractivity contribution >= 4 is 29.0 Å². The SMILES string of the molecule is CCC(C)Nc1ccc(C(=O)Nc2ccc(Cl)c(C(F)(F)F)c2)cn1. The fourth-order valence-electron chi connectivity index (χ4n) is 1.99. The molecule has 1 heterocycles. The highest BCUT2D eigenvalue weighted by atomic mass is 35.5. The van der Waals surface area contributed by atoms with Gasteiger partial charge in [0.1, 0.15) is 5.82 Å². The predicted molar refractivity (Wildman–Crippen MR) is 92.0 cm³/mol. The van der Waals surface area contributed by atoms with Crippen molar-refractivity contribution in [2.45, 2.75) is 32.5 Å². The summed E-state index contributed by atoms with van der Waals surface area (Å²) in [7, 11) is 0. The average molecular weight is 372 g/mol. The number of benzene rings is 1. The minimum atomic E-state index is -4.59. The fraction of sp³-hybridized carbons (Fsp3) is 0.294. The van der Waals surface area contributed by atoms with Gasteiger partial charge in [0, 0.05) is 17.9 Å². The number of amides is 1. The van der Waals surface area contributed by atoms with Gasteiger partial charge in [0.2, 0.25) is 0 Å². The number of anilines is 2. The monoisotopic (exact) mass is 371 g/mol. The molecule has 4 nitrogen and oxygen atoms in total. The maximum Gasteiger partial charge on any atom is 0.417 e. The zero-order chi connectivity index (χ0) is 18.6.